The third kappa shape index (κ3) is 4.59. The van der Waals surface area contributed by atoms with Gasteiger partial charge in [-0.1, -0.05) is 6.07 Å². The highest BCUT2D eigenvalue weighted by molar-refractivity contribution is 7.71. The second kappa shape index (κ2) is 8.29. The lowest BCUT2D eigenvalue weighted by molar-refractivity contribution is -0.116. The lowest BCUT2D eigenvalue weighted by Gasteiger charge is -2.11. The van der Waals surface area contributed by atoms with E-state index < -0.39 is 0 Å². The largest absolute Gasteiger partial charge is 0.491 e. The van der Waals surface area contributed by atoms with Gasteiger partial charge in [-0.05, 0) is 61.8 Å². The Labute approximate surface area is 160 Å². The number of hydrogen-bond donors (Lipinski definition) is 2. The summed E-state index contributed by atoms with van der Waals surface area (Å²) in [6.45, 7) is 4.41. The number of carbonyl (C=O) groups excluding carboxylic acids is 1. The van der Waals surface area contributed by atoms with Crippen LogP contribution in [0.25, 0.3) is 10.7 Å². The fourth-order valence-electron chi connectivity index (χ4n) is 2.44. The number of aromatic amines is 1. The van der Waals surface area contributed by atoms with Gasteiger partial charge in [0.2, 0.25) is 5.91 Å². The van der Waals surface area contributed by atoms with Gasteiger partial charge in [-0.25, -0.2) is 0 Å². The molecule has 0 saturated carbocycles. The summed E-state index contributed by atoms with van der Waals surface area (Å²) in [5, 5.41) is 11.9. The molecule has 2 aromatic heterocycles. The van der Waals surface area contributed by atoms with Gasteiger partial charge in [-0.2, -0.15) is 5.10 Å². The summed E-state index contributed by atoms with van der Waals surface area (Å²) in [7, 11) is 0. The normalized spacial score (nSPS) is 10.9. The molecule has 8 heteroatoms. The number of anilines is 1. The molecule has 0 saturated heterocycles. The van der Waals surface area contributed by atoms with Gasteiger partial charge in [0.25, 0.3) is 0 Å². The Hall–Kier alpha value is -2.45. The van der Waals surface area contributed by atoms with E-state index in [0.29, 0.717) is 17.7 Å². The molecule has 0 fully saturated rings. The summed E-state index contributed by atoms with van der Waals surface area (Å²) >= 11 is 6.86. The van der Waals surface area contributed by atoms with Gasteiger partial charge in [0, 0.05) is 18.7 Å². The van der Waals surface area contributed by atoms with Crippen LogP contribution in [0.5, 0.6) is 5.75 Å². The zero-order valence-electron chi connectivity index (χ0n) is 14.6. The molecule has 0 aliphatic rings. The first kappa shape index (κ1) is 18.3. The quantitative estimate of drug-likeness (QED) is 0.585. The summed E-state index contributed by atoms with van der Waals surface area (Å²) in [6.07, 6.45) is 0.420. The fraction of sp³-hybridized carbons (Fsp3) is 0.278. The minimum absolute atomic E-state index is 0.0808. The summed E-state index contributed by atoms with van der Waals surface area (Å²) in [4.78, 5) is 13.3. The van der Waals surface area contributed by atoms with Crippen LogP contribution in [0, 0.1) is 4.77 Å². The molecule has 0 aliphatic heterocycles. The van der Waals surface area contributed by atoms with Crippen LogP contribution in [0.3, 0.4) is 0 Å². The molecule has 26 heavy (non-hydrogen) atoms. The molecule has 3 aromatic rings. The zero-order chi connectivity index (χ0) is 18.5. The first-order chi connectivity index (χ1) is 12.5. The molecule has 0 bridgehead atoms. The van der Waals surface area contributed by atoms with Crippen molar-refractivity contribution in [2.45, 2.75) is 32.9 Å². The van der Waals surface area contributed by atoms with Gasteiger partial charge in [0.15, 0.2) is 10.6 Å². The monoisotopic (exact) mass is 388 g/mol. The van der Waals surface area contributed by atoms with Crippen molar-refractivity contribution in [3.63, 3.8) is 0 Å². The minimum Gasteiger partial charge on any atom is -0.491 e. The zero-order valence-corrected chi connectivity index (χ0v) is 16.2. The van der Waals surface area contributed by atoms with Crippen molar-refractivity contribution >= 4 is 35.1 Å². The lowest BCUT2D eigenvalue weighted by Crippen LogP contribution is -2.15. The highest BCUT2D eigenvalue weighted by atomic mass is 32.1. The maximum atomic E-state index is 12.3. The predicted octanol–water partition coefficient (Wildman–Crippen LogP) is 4.49. The van der Waals surface area contributed by atoms with Crippen molar-refractivity contribution in [3.05, 3.63) is 46.5 Å². The molecule has 0 radical (unpaired) electrons. The molecule has 3 rings (SSSR count). The van der Waals surface area contributed by atoms with Gasteiger partial charge < -0.3 is 10.1 Å². The molecule has 0 atom stereocenters. The Balaban J connectivity index is 1.60. The van der Waals surface area contributed by atoms with Crippen LogP contribution in [-0.4, -0.2) is 26.8 Å². The summed E-state index contributed by atoms with van der Waals surface area (Å²) in [5.74, 6) is 1.46. The third-order valence-corrected chi connectivity index (χ3v) is 4.75. The minimum atomic E-state index is -0.0808. The van der Waals surface area contributed by atoms with Crippen molar-refractivity contribution in [2.75, 3.05) is 5.32 Å². The number of aromatic nitrogens is 3. The Kier molecular flexibility index (Phi) is 5.85. The number of ether oxygens (including phenoxy) is 1. The number of nitrogens with one attached hydrogen (secondary N) is 2. The Morgan fingerprint density at radius 3 is 2.77 bits per heavy atom. The van der Waals surface area contributed by atoms with Crippen LogP contribution in [0.15, 0.2) is 41.8 Å². The van der Waals surface area contributed by atoms with E-state index in [2.05, 4.69) is 15.5 Å². The van der Waals surface area contributed by atoms with Crippen LogP contribution in [0.4, 0.5) is 5.69 Å². The lowest BCUT2D eigenvalue weighted by atomic mass is 10.3. The third-order valence-electron chi connectivity index (χ3n) is 3.57. The van der Waals surface area contributed by atoms with Gasteiger partial charge in [0.1, 0.15) is 5.75 Å². The molecule has 0 spiro atoms. The standard InChI is InChI=1S/C18H20N4O2S2/c1-12(2)24-14-7-5-13(6-8-14)19-16(23)9-10-22-17(20-21-18(22)25)15-4-3-11-26-15/h3-8,11-12H,9-10H2,1-2H3,(H,19,23)(H,21,25). The molecule has 0 unspecified atom stereocenters. The van der Waals surface area contributed by atoms with Gasteiger partial charge in [0.05, 0.1) is 11.0 Å². The maximum absolute atomic E-state index is 12.3. The predicted molar refractivity (Wildman–Crippen MR) is 106 cm³/mol. The number of rotatable bonds is 7. The van der Waals surface area contributed by atoms with E-state index in [0.717, 1.165) is 22.1 Å². The molecule has 2 heterocycles. The van der Waals surface area contributed by atoms with E-state index >= 15 is 0 Å². The van der Waals surface area contributed by atoms with E-state index in [1.807, 2.05) is 60.2 Å². The number of carbonyl (C=O) groups is 1. The Morgan fingerprint density at radius 1 is 1.35 bits per heavy atom. The van der Waals surface area contributed by atoms with Gasteiger partial charge >= 0.3 is 0 Å². The number of benzene rings is 1. The molecular weight excluding hydrogens is 368 g/mol. The molecule has 2 N–H and O–H groups in total. The molecule has 1 aromatic carbocycles. The molecule has 0 aliphatic carbocycles. The van der Waals surface area contributed by atoms with Gasteiger partial charge in [-0.3, -0.25) is 14.5 Å². The van der Waals surface area contributed by atoms with E-state index in [1.54, 1.807) is 11.3 Å². The number of thiophene rings is 1. The van der Waals surface area contributed by atoms with E-state index in [4.69, 9.17) is 17.0 Å². The summed E-state index contributed by atoms with van der Waals surface area (Å²) in [5.41, 5.74) is 0.736. The van der Waals surface area contributed by atoms with Crippen molar-refractivity contribution in [3.8, 4) is 16.5 Å². The van der Waals surface area contributed by atoms with Crippen molar-refractivity contribution in [1.82, 2.24) is 14.8 Å². The average Bonchev–Trinajstić information content (AvgIpc) is 3.24. The van der Waals surface area contributed by atoms with Crippen LogP contribution in [-0.2, 0) is 11.3 Å². The topological polar surface area (TPSA) is 71.9 Å². The van der Waals surface area contributed by atoms with Crippen molar-refractivity contribution in [2.24, 2.45) is 0 Å². The summed E-state index contributed by atoms with van der Waals surface area (Å²) in [6, 6.07) is 11.3. The number of amides is 1. The molecular formula is C18H20N4O2S2. The van der Waals surface area contributed by atoms with E-state index in [-0.39, 0.29) is 12.0 Å². The number of hydrogen-bond acceptors (Lipinski definition) is 5. The highest BCUT2D eigenvalue weighted by Crippen LogP contribution is 2.23. The SMILES string of the molecule is CC(C)Oc1ccc(NC(=O)CCn2c(-c3cccs3)n[nH]c2=S)cc1. The number of H-pyrrole nitrogens is 1. The first-order valence-corrected chi connectivity index (χ1v) is 9.57. The Morgan fingerprint density at radius 2 is 2.12 bits per heavy atom. The van der Waals surface area contributed by atoms with Crippen LogP contribution in [0.2, 0.25) is 0 Å². The maximum Gasteiger partial charge on any atom is 0.226 e. The highest BCUT2D eigenvalue weighted by Gasteiger charge is 2.11. The molecule has 136 valence electrons. The van der Waals surface area contributed by atoms with Crippen LogP contribution >= 0.6 is 23.6 Å². The number of nitrogens with zero attached hydrogens (tertiary/aromatic N) is 2. The van der Waals surface area contributed by atoms with Crippen LogP contribution in [0.1, 0.15) is 20.3 Å². The van der Waals surface area contributed by atoms with Crippen molar-refractivity contribution in [1.29, 1.82) is 0 Å². The first-order valence-electron chi connectivity index (χ1n) is 8.28. The molecule has 1 amide bonds. The second-order valence-corrected chi connectivity index (χ2v) is 7.30. The smallest absolute Gasteiger partial charge is 0.226 e. The average molecular weight is 389 g/mol. The van der Waals surface area contributed by atoms with Gasteiger partial charge in [-0.15, -0.1) is 11.3 Å². The Bertz CT molecular complexity index is 912. The van der Waals surface area contributed by atoms with E-state index in [1.165, 1.54) is 0 Å². The molecule has 6 nitrogen and oxygen atoms in total. The van der Waals surface area contributed by atoms with E-state index in [9.17, 15) is 4.79 Å². The van der Waals surface area contributed by atoms with Crippen LogP contribution < -0.4 is 10.1 Å². The summed E-state index contributed by atoms with van der Waals surface area (Å²) < 4.78 is 7.95. The second-order valence-electron chi connectivity index (χ2n) is 5.97. The fourth-order valence-corrected chi connectivity index (χ4v) is 3.39. The van der Waals surface area contributed by atoms with Crippen molar-refractivity contribution < 1.29 is 9.53 Å².